The lowest BCUT2D eigenvalue weighted by molar-refractivity contribution is -0.0350. The van der Waals surface area contributed by atoms with Crippen LogP contribution in [-0.4, -0.2) is 54.4 Å². The Bertz CT molecular complexity index is 445. The molecule has 2 unspecified atom stereocenters. The summed E-state index contributed by atoms with van der Waals surface area (Å²) in [4.78, 5) is 6.96. The van der Waals surface area contributed by atoms with Crippen LogP contribution in [0.2, 0.25) is 0 Å². The van der Waals surface area contributed by atoms with E-state index in [0.29, 0.717) is 11.9 Å². The Hall–Kier alpha value is -0.980. The second-order valence-electron chi connectivity index (χ2n) is 6.14. The number of hydrogen-bond donors (Lipinski definition) is 1. The second kappa shape index (κ2) is 6.85. The van der Waals surface area contributed by atoms with E-state index in [9.17, 15) is 0 Å². The molecule has 1 aromatic heterocycles. The molecule has 0 radical (unpaired) electrons. The van der Waals surface area contributed by atoms with Gasteiger partial charge in [-0.15, -0.1) is 0 Å². The van der Waals surface area contributed by atoms with Gasteiger partial charge in [0.25, 0.3) is 0 Å². The summed E-state index contributed by atoms with van der Waals surface area (Å²) in [5, 5.41) is 7.49. The first-order chi connectivity index (χ1) is 10.3. The average molecular weight is 294 g/mol. The number of hydrogen-bond acceptors (Lipinski definition) is 6. The first-order valence-corrected chi connectivity index (χ1v) is 8.13. The smallest absolute Gasteiger partial charge is 0.228 e. The molecule has 6 heteroatoms. The maximum Gasteiger partial charge on any atom is 0.228 e. The minimum absolute atomic E-state index is 0.0447. The number of rotatable bonds is 7. The summed E-state index contributed by atoms with van der Waals surface area (Å²) in [6.07, 6.45) is 4.56. The van der Waals surface area contributed by atoms with E-state index in [2.05, 4.69) is 27.3 Å². The molecule has 3 rings (SSSR count). The summed E-state index contributed by atoms with van der Waals surface area (Å²) in [5.41, 5.74) is 0. The summed E-state index contributed by atoms with van der Waals surface area (Å²) >= 11 is 0. The zero-order chi connectivity index (χ0) is 14.7. The molecule has 1 aliphatic carbocycles. The highest BCUT2D eigenvalue weighted by atomic mass is 16.5. The van der Waals surface area contributed by atoms with Crippen LogP contribution >= 0.6 is 0 Å². The molecule has 0 amide bonds. The van der Waals surface area contributed by atoms with E-state index in [1.807, 2.05) is 7.05 Å². The van der Waals surface area contributed by atoms with Gasteiger partial charge in [-0.3, -0.25) is 4.90 Å². The van der Waals surface area contributed by atoms with Crippen molar-refractivity contribution in [2.45, 2.75) is 44.8 Å². The zero-order valence-corrected chi connectivity index (χ0v) is 13.0. The lowest BCUT2D eigenvalue weighted by Gasteiger charge is -2.30. The topological polar surface area (TPSA) is 63.4 Å². The van der Waals surface area contributed by atoms with Crippen LogP contribution in [0, 0.1) is 5.92 Å². The summed E-state index contributed by atoms with van der Waals surface area (Å²) in [6.45, 7) is 5.92. The highest BCUT2D eigenvalue weighted by Crippen LogP contribution is 2.33. The van der Waals surface area contributed by atoms with Gasteiger partial charge in [0, 0.05) is 25.6 Å². The third-order valence-electron chi connectivity index (χ3n) is 4.42. The molecule has 1 saturated heterocycles. The molecule has 2 fully saturated rings. The molecule has 0 spiro atoms. The van der Waals surface area contributed by atoms with Crippen molar-refractivity contribution < 1.29 is 9.26 Å². The van der Waals surface area contributed by atoms with Gasteiger partial charge in [-0.25, -0.2) is 0 Å². The predicted molar refractivity (Wildman–Crippen MR) is 79.0 cm³/mol. The Morgan fingerprint density at radius 1 is 1.43 bits per heavy atom. The number of aromatic nitrogens is 2. The van der Waals surface area contributed by atoms with Gasteiger partial charge in [0.15, 0.2) is 0 Å². The molecule has 1 aromatic rings. The van der Waals surface area contributed by atoms with Gasteiger partial charge in [0.2, 0.25) is 11.7 Å². The maximum atomic E-state index is 5.80. The Morgan fingerprint density at radius 3 is 3.00 bits per heavy atom. The fourth-order valence-corrected chi connectivity index (χ4v) is 3.05. The van der Waals surface area contributed by atoms with Gasteiger partial charge < -0.3 is 14.6 Å². The van der Waals surface area contributed by atoms with Crippen LogP contribution in [0.1, 0.15) is 44.0 Å². The van der Waals surface area contributed by atoms with Crippen LogP contribution in [0.15, 0.2) is 4.52 Å². The van der Waals surface area contributed by atoms with Gasteiger partial charge >= 0.3 is 0 Å². The van der Waals surface area contributed by atoms with Crippen molar-refractivity contribution in [3.05, 3.63) is 11.7 Å². The number of nitrogens with one attached hydrogen (secondary N) is 1. The largest absolute Gasteiger partial charge is 0.367 e. The molecule has 6 nitrogen and oxygen atoms in total. The van der Waals surface area contributed by atoms with Crippen molar-refractivity contribution in [1.29, 1.82) is 0 Å². The van der Waals surface area contributed by atoms with Gasteiger partial charge in [-0.05, 0) is 38.8 Å². The van der Waals surface area contributed by atoms with Crippen molar-refractivity contribution in [2.24, 2.45) is 5.92 Å². The summed E-state index contributed by atoms with van der Waals surface area (Å²) < 4.78 is 11.2. The van der Waals surface area contributed by atoms with Crippen molar-refractivity contribution >= 4 is 0 Å². The SMILES string of the molecule is CCCN1CCOC(c2noc(CC(NC)C3CC3)n2)C1. The van der Waals surface area contributed by atoms with Gasteiger partial charge in [-0.1, -0.05) is 12.1 Å². The Kier molecular flexibility index (Phi) is 4.87. The Morgan fingerprint density at radius 2 is 2.29 bits per heavy atom. The van der Waals surface area contributed by atoms with Gasteiger partial charge in [0.05, 0.1) is 6.61 Å². The third-order valence-corrected chi connectivity index (χ3v) is 4.42. The zero-order valence-electron chi connectivity index (χ0n) is 13.0. The van der Waals surface area contributed by atoms with Crippen LogP contribution in [0.25, 0.3) is 0 Å². The molecule has 2 aliphatic rings. The molecular weight excluding hydrogens is 268 g/mol. The van der Waals surface area contributed by atoms with E-state index in [1.54, 1.807) is 0 Å². The molecular formula is C15H26N4O2. The van der Waals surface area contributed by atoms with Crippen LogP contribution in [0.5, 0.6) is 0 Å². The first-order valence-electron chi connectivity index (χ1n) is 8.13. The molecule has 2 heterocycles. The molecule has 1 aliphatic heterocycles. The lowest BCUT2D eigenvalue weighted by atomic mass is 10.1. The number of nitrogens with zero attached hydrogens (tertiary/aromatic N) is 3. The van der Waals surface area contributed by atoms with Crippen LogP contribution in [0.3, 0.4) is 0 Å². The average Bonchev–Trinajstić information content (AvgIpc) is 3.24. The Labute approximate surface area is 126 Å². The highest BCUT2D eigenvalue weighted by molar-refractivity contribution is 4.98. The molecule has 0 aromatic carbocycles. The monoisotopic (exact) mass is 294 g/mol. The van der Waals surface area contributed by atoms with Crippen molar-refractivity contribution in [3.8, 4) is 0 Å². The fraction of sp³-hybridized carbons (Fsp3) is 0.867. The van der Waals surface area contributed by atoms with E-state index in [0.717, 1.165) is 50.9 Å². The van der Waals surface area contributed by atoms with E-state index in [-0.39, 0.29) is 6.10 Å². The first kappa shape index (κ1) is 14.9. The van der Waals surface area contributed by atoms with E-state index >= 15 is 0 Å². The normalized spacial score (nSPS) is 25.1. The second-order valence-corrected chi connectivity index (χ2v) is 6.14. The van der Waals surface area contributed by atoms with Crippen molar-refractivity contribution in [1.82, 2.24) is 20.4 Å². The third kappa shape index (κ3) is 3.81. The molecule has 2 atom stereocenters. The van der Waals surface area contributed by atoms with Crippen LogP contribution < -0.4 is 5.32 Å². The number of likely N-dealkylation sites (N-methyl/N-ethyl adjacent to an activating group) is 1. The van der Waals surface area contributed by atoms with Gasteiger partial charge in [0.1, 0.15) is 6.10 Å². The lowest BCUT2D eigenvalue weighted by Crippen LogP contribution is -2.39. The Balaban J connectivity index is 1.58. The number of ether oxygens (including phenoxy) is 1. The van der Waals surface area contributed by atoms with Crippen molar-refractivity contribution in [3.63, 3.8) is 0 Å². The predicted octanol–water partition coefficient (Wildman–Crippen LogP) is 1.39. The minimum Gasteiger partial charge on any atom is -0.367 e. The summed E-state index contributed by atoms with van der Waals surface area (Å²) in [5.74, 6) is 2.21. The maximum absolute atomic E-state index is 5.80. The minimum atomic E-state index is -0.0447. The van der Waals surface area contributed by atoms with E-state index < -0.39 is 0 Å². The molecule has 118 valence electrons. The standard InChI is InChI=1S/C15H26N4O2/c1-3-6-19-7-8-20-13(10-19)15-17-14(21-18-15)9-12(16-2)11-4-5-11/h11-13,16H,3-10H2,1-2H3. The van der Waals surface area contributed by atoms with E-state index in [1.165, 1.54) is 12.8 Å². The quantitative estimate of drug-likeness (QED) is 0.820. The number of morpholine rings is 1. The molecule has 21 heavy (non-hydrogen) atoms. The molecule has 0 bridgehead atoms. The van der Waals surface area contributed by atoms with Crippen molar-refractivity contribution in [2.75, 3.05) is 33.3 Å². The molecule has 1 saturated carbocycles. The summed E-state index contributed by atoms with van der Waals surface area (Å²) in [6, 6.07) is 0.460. The summed E-state index contributed by atoms with van der Waals surface area (Å²) in [7, 11) is 2.01. The van der Waals surface area contributed by atoms with Crippen LogP contribution in [0.4, 0.5) is 0 Å². The molecule has 1 N–H and O–H groups in total. The van der Waals surface area contributed by atoms with Crippen LogP contribution in [-0.2, 0) is 11.2 Å². The highest BCUT2D eigenvalue weighted by Gasteiger charge is 2.32. The van der Waals surface area contributed by atoms with Gasteiger partial charge in [-0.2, -0.15) is 4.98 Å². The fourth-order valence-electron chi connectivity index (χ4n) is 3.05. The van der Waals surface area contributed by atoms with E-state index in [4.69, 9.17) is 9.26 Å².